The first-order valence-corrected chi connectivity index (χ1v) is 8.14. The number of carbonyl (C=O) groups excluding carboxylic acids is 1. The zero-order chi connectivity index (χ0) is 14.8. The van der Waals surface area contributed by atoms with Crippen LogP contribution in [0.2, 0.25) is 5.02 Å². The lowest BCUT2D eigenvalue weighted by Crippen LogP contribution is -2.34. The summed E-state index contributed by atoms with van der Waals surface area (Å²) >= 11 is 7.73. The van der Waals surface area contributed by atoms with Crippen LogP contribution in [0.3, 0.4) is 0 Å². The van der Waals surface area contributed by atoms with E-state index in [1.807, 2.05) is 36.3 Å². The number of urea groups is 1. The molecule has 3 rings (SSSR count). The van der Waals surface area contributed by atoms with Gasteiger partial charge < -0.3 is 14.8 Å². The number of nitrogens with zero attached hydrogens (tertiary/aromatic N) is 2. The molecule has 1 aliphatic heterocycles. The molecule has 1 N–H and O–H groups in total. The summed E-state index contributed by atoms with van der Waals surface area (Å²) in [7, 11) is 2.00. The van der Waals surface area contributed by atoms with Gasteiger partial charge in [0, 0.05) is 36.3 Å². The maximum atomic E-state index is 12.5. The van der Waals surface area contributed by atoms with Crippen LogP contribution >= 0.6 is 23.4 Å². The fourth-order valence-corrected chi connectivity index (χ4v) is 3.93. The first kappa shape index (κ1) is 14.4. The second-order valence-electron chi connectivity index (χ2n) is 4.90. The Labute approximate surface area is 133 Å². The number of nitrogens with one attached hydrogen (secondary N) is 1. The number of aromatic nitrogens is 1. The Hall–Kier alpha value is -1.59. The molecule has 2 amide bonds. The Morgan fingerprint density at radius 2 is 2.24 bits per heavy atom. The van der Waals surface area contributed by atoms with Crippen molar-refractivity contribution in [1.82, 2.24) is 9.47 Å². The van der Waals surface area contributed by atoms with Gasteiger partial charge in [-0.2, -0.15) is 0 Å². The molecule has 1 aliphatic rings. The van der Waals surface area contributed by atoms with Crippen molar-refractivity contribution in [2.75, 3.05) is 17.6 Å². The summed E-state index contributed by atoms with van der Waals surface area (Å²) < 4.78 is 2.06. The molecule has 4 nitrogen and oxygen atoms in total. The van der Waals surface area contributed by atoms with Crippen LogP contribution in [-0.2, 0) is 7.05 Å². The third-order valence-electron chi connectivity index (χ3n) is 3.46. The van der Waals surface area contributed by atoms with Gasteiger partial charge in [0.25, 0.3) is 0 Å². The Morgan fingerprint density at radius 1 is 1.38 bits per heavy atom. The van der Waals surface area contributed by atoms with E-state index < -0.39 is 0 Å². The lowest BCUT2D eigenvalue weighted by Gasteiger charge is -2.24. The summed E-state index contributed by atoms with van der Waals surface area (Å²) in [5.74, 6) is 0.943. The fourth-order valence-electron chi connectivity index (χ4n) is 2.42. The summed E-state index contributed by atoms with van der Waals surface area (Å²) in [6, 6.07) is 11.2. The lowest BCUT2D eigenvalue weighted by molar-refractivity contribution is 0.213. The molecule has 0 spiro atoms. The molecule has 0 aliphatic carbocycles. The van der Waals surface area contributed by atoms with Crippen LogP contribution in [0.25, 0.3) is 0 Å². The topological polar surface area (TPSA) is 37.3 Å². The highest BCUT2D eigenvalue weighted by Gasteiger charge is 2.32. The predicted molar refractivity (Wildman–Crippen MR) is 87.8 cm³/mol. The number of hydrogen-bond donors (Lipinski definition) is 1. The molecule has 6 heteroatoms. The molecular weight excluding hydrogens is 306 g/mol. The highest BCUT2D eigenvalue weighted by atomic mass is 35.5. The number of thioether (sulfide) groups is 1. The van der Waals surface area contributed by atoms with Gasteiger partial charge in [0.1, 0.15) is 5.37 Å². The Balaban J connectivity index is 1.76. The monoisotopic (exact) mass is 321 g/mol. The Bertz CT molecular complexity index is 658. The SMILES string of the molecule is Cn1cccc1[C@@H]1SCCN1C(=O)Nc1cccc(Cl)c1. The van der Waals surface area contributed by atoms with E-state index in [2.05, 4.69) is 16.0 Å². The van der Waals surface area contributed by atoms with Crippen LogP contribution in [0.15, 0.2) is 42.6 Å². The van der Waals surface area contributed by atoms with Crippen molar-refractivity contribution in [1.29, 1.82) is 0 Å². The zero-order valence-electron chi connectivity index (χ0n) is 11.6. The number of aryl methyl sites for hydroxylation is 1. The largest absolute Gasteiger partial charge is 0.352 e. The van der Waals surface area contributed by atoms with Crippen LogP contribution in [0.5, 0.6) is 0 Å². The number of benzene rings is 1. The lowest BCUT2D eigenvalue weighted by atomic mass is 10.3. The first-order chi connectivity index (χ1) is 10.1. The molecule has 21 heavy (non-hydrogen) atoms. The molecule has 1 aromatic carbocycles. The summed E-state index contributed by atoms with van der Waals surface area (Å²) in [4.78, 5) is 14.4. The number of rotatable bonds is 2. The number of halogens is 1. The molecule has 2 aromatic rings. The van der Waals surface area contributed by atoms with Crippen LogP contribution in [0.4, 0.5) is 10.5 Å². The summed E-state index contributed by atoms with van der Waals surface area (Å²) in [5.41, 5.74) is 1.86. The molecule has 0 unspecified atom stereocenters. The van der Waals surface area contributed by atoms with Crippen molar-refractivity contribution in [2.24, 2.45) is 7.05 Å². The molecule has 1 atom stereocenters. The molecule has 0 bridgehead atoms. The number of anilines is 1. The van der Waals surface area contributed by atoms with E-state index in [0.717, 1.165) is 23.7 Å². The molecule has 1 saturated heterocycles. The van der Waals surface area contributed by atoms with E-state index in [-0.39, 0.29) is 11.4 Å². The number of amides is 2. The van der Waals surface area contributed by atoms with Crippen molar-refractivity contribution in [2.45, 2.75) is 5.37 Å². The molecule has 0 radical (unpaired) electrons. The normalized spacial score (nSPS) is 18.0. The van der Waals surface area contributed by atoms with E-state index in [1.165, 1.54) is 0 Å². The Morgan fingerprint density at radius 3 is 2.95 bits per heavy atom. The third kappa shape index (κ3) is 3.04. The van der Waals surface area contributed by atoms with Gasteiger partial charge in [-0.15, -0.1) is 11.8 Å². The Kier molecular flexibility index (Phi) is 4.12. The average Bonchev–Trinajstić information content (AvgIpc) is 3.06. The molecule has 2 heterocycles. The molecule has 110 valence electrons. The van der Waals surface area contributed by atoms with Crippen LogP contribution in [-0.4, -0.2) is 27.8 Å². The molecular formula is C15H16ClN3OS. The maximum absolute atomic E-state index is 12.5. The second-order valence-corrected chi connectivity index (χ2v) is 6.53. The predicted octanol–water partition coefficient (Wildman–Crippen LogP) is 3.96. The zero-order valence-corrected chi connectivity index (χ0v) is 13.2. The van der Waals surface area contributed by atoms with Crippen molar-refractivity contribution >= 4 is 35.1 Å². The average molecular weight is 322 g/mol. The molecule has 1 fully saturated rings. The second kappa shape index (κ2) is 6.03. The summed E-state index contributed by atoms with van der Waals surface area (Å²) in [5, 5.41) is 3.59. The van der Waals surface area contributed by atoms with E-state index in [9.17, 15) is 4.79 Å². The van der Waals surface area contributed by atoms with E-state index in [0.29, 0.717) is 5.02 Å². The minimum Gasteiger partial charge on any atom is -0.352 e. The minimum absolute atomic E-state index is 0.0594. The van der Waals surface area contributed by atoms with Crippen LogP contribution in [0.1, 0.15) is 11.1 Å². The van der Waals surface area contributed by atoms with Crippen LogP contribution < -0.4 is 5.32 Å². The van der Waals surface area contributed by atoms with Gasteiger partial charge in [-0.25, -0.2) is 4.79 Å². The van der Waals surface area contributed by atoms with Crippen molar-refractivity contribution in [3.63, 3.8) is 0 Å². The van der Waals surface area contributed by atoms with Crippen molar-refractivity contribution < 1.29 is 4.79 Å². The minimum atomic E-state index is -0.0894. The smallest absolute Gasteiger partial charge is 0.323 e. The van der Waals surface area contributed by atoms with Gasteiger partial charge in [0.05, 0.1) is 5.69 Å². The van der Waals surface area contributed by atoms with E-state index in [1.54, 1.807) is 23.9 Å². The van der Waals surface area contributed by atoms with E-state index in [4.69, 9.17) is 11.6 Å². The number of hydrogen-bond acceptors (Lipinski definition) is 2. The van der Waals surface area contributed by atoms with Crippen molar-refractivity contribution in [3.8, 4) is 0 Å². The standard InChI is InChI=1S/C15H16ClN3OS/c1-18-7-3-6-13(18)14-19(8-9-21-14)15(20)17-12-5-2-4-11(16)10-12/h2-7,10,14H,8-9H2,1H3,(H,17,20)/t14-/m0/s1. The first-order valence-electron chi connectivity index (χ1n) is 6.71. The van der Waals surface area contributed by atoms with E-state index >= 15 is 0 Å². The van der Waals surface area contributed by atoms with Gasteiger partial charge in [0.15, 0.2) is 0 Å². The highest BCUT2D eigenvalue weighted by molar-refractivity contribution is 7.99. The van der Waals surface area contributed by atoms with Gasteiger partial charge in [-0.05, 0) is 30.3 Å². The van der Waals surface area contributed by atoms with Gasteiger partial charge in [0.2, 0.25) is 0 Å². The quantitative estimate of drug-likeness (QED) is 0.909. The van der Waals surface area contributed by atoms with Gasteiger partial charge in [-0.3, -0.25) is 0 Å². The number of carbonyl (C=O) groups is 1. The van der Waals surface area contributed by atoms with Crippen LogP contribution in [0, 0.1) is 0 Å². The van der Waals surface area contributed by atoms with Gasteiger partial charge >= 0.3 is 6.03 Å². The summed E-state index contributed by atoms with van der Waals surface area (Å²) in [6.07, 6.45) is 2.00. The third-order valence-corrected chi connectivity index (χ3v) is 4.93. The summed E-state index contributed by atoms with van der Waals surface area (Å²) in [6.45, 7) is 0.743. The van der Waals surface area contributed by atoms with Gasteiger partial charge in [-0.1, -0.05) is 17.7 Å². The maximum Gasteiger partial charge on any atom is 0.323 e. The highest BCUT2D eigenvalue weighted by Crippen LogP contribution is 2.38. The molecule has 0 saturated carbocycles. The fraction of sp³-hybridized carbons (Fsp3) is 0.267. The molecule has 1 aromatic heterocycles. The van der Waals surface area contributed by atoms with Crippen molar-refractivity contribution in [3.05, 3.63) is 53.3 Å².